The second kappa shape index (κ2) is 5.58. The molecule has 0 aromatic rings. The summed E-state index contributed by atoms with van der Waals surface area (Å²) in [6, 6.07) is 0.487. The van der Waals surface area contributed by atoms with Crippen molar-refractivity contribution < 1.29 is 0 Å². The van der Waals surface area contributed by atoms with Gasteiger partial charge in [-0.05, 0) is 31.6 Å². The molecule has 88 valence electrons. The highest BCUT2D eigenvalue weighted by Gasteiger charge is 2.27. The molecule has 4 atom stereocenters. The monoisotopic (exact) mass is 227 g/mol. The standard InChI is InChI=1S/C13H25NS/c1-10-5-4-6-11(9-10)15-13-8-3-2-7-12(13)14/h10-13H,2-9,14H2,1H3. The minimum absolute atomic E-state index is 0.487. The minimum Gasteiger partial charge on any atom is -0.327 e. The van der Waals surface area contributed by atoms with E-state index in [4.69, 9.17) is 5.73 Å². The lowest BCUT2D eigenvalue weighted by atomic mass is 9.90. The number of hydrogen-bond donors (Lipinski definition) is 1. The van der Waals surface area contributed by atoms with Gasteiger partial charge in [0.1, 0.15) is 0 Å². The van der Waals surface area contributed by atoms with Crippen LogP contribution in [0.4, 0.5) is 0 Å². The molecule has 0 heterocycles. The summed E-state index contributed by atoms with van der Waals surface area (Å²) in [5.74, 6) is 0.955. The molecule has 2 N–H and O–H groups in total. The van der Waals surface area contributed by atoms with Gasteiger partial charge in [0.25, 0.3) is 0 Å². The zero-order chi connectivity index (χ0) is 10.7. The normalized spacial score (nSPS) is 42.8. The summed E-state index contributed by atoms with van der Waals surface area (Å²) in [5.41, 5.74) is 6.21. The minimum atomic E-state index is 0.487. The van der Waals surface area contributed by atoms with Crippen LogP contribution in [0, 0.1) is 5.92 Å². The maximum absolute atomic E-state index is 6.21. The van der Waals surface area contributed by atoms with Crippen LogP contribution >= 0.6 is 11.8 Å². The molecule has 0 aliphatic heterocycles. The van der Waals surface area contributed by atoms with Crippen LogP contribution in [0.1, 0.15) is 58.3 Å². The first-order chi connectivity index (χ1) is 7.25. The Morgan fingerprint density at radius 1 is 1.00 bits per heavy atom. The Kier molecular flexibility index (Phi) is 4.39. The van der Waals surface area contributed by atoms with Gasteiger partial charge in [-0.1, -0.05) is 32.6 Å². The van der Waals surface area contributed by atoms with Crippen molar-refractivity contribution in [1.29, 1.82) is 0 Å². The quantitative estimate of drug-likeness (QED) is 0.780. The van der Waals surface area contributed by atoms with Crippen LogP contribution < -0.4 is 5.73 Å². The highest BCUT2D eigenvalue weighted by Crippen LogP contribution is 2.38. The zero-order valence-corrected chi connectivity index (χ0v) is 10.8. The van der Waals surface area contributed by atoms with Gasteiger partial charge in [-0.2, -0.15) is 11.8 Å². The molecule has 2 fully saturated rings. The van der Waals surface area contributed by atoms with E-state index in [0.29, 0.717) is 6.04 Å². The van der Waals surface area contributed by atoms with Crippen LogP contribution in [0.5, 0.6) is 0 Å². The van der Waals surface area contributed by atoms with Gasteiger partial charge in [-0.25, -0.2) is 0 Å². The first-order valence-corrected chi connectivity index (χ1v) is 7.61. The lowest BCUT2D eigenvalue weighted by Crippen LogP contribution is -2.37. The third kappa shape index (κ3) is 3.39. The molecule has 4 unspecified atom stereocenters. The summed E-state index contributed by atoms with van der Waals surface area (Å²) in [5, 5.41) is 1.69. The van der Waals surface area contributed by atoms with Crippen molar-refractivity contribution in [3.8, 4) is 0 Å². The molecule has 2 aliphatic rings. The van der Waals surface area contributed by atoms with E-state index >= 15 is 0 Å². The Balaban J connectivity index is 1.79. The Bertz CT molecular complexity index is 195. The molecule has 1 nitrogen and oxygen atoms in total. The van der Waals surface area contributed by atoms with Crippen LogP contribution in [-0.4, -0.2) is 16.5 Å². The average molecular weight is 227 g/mol. The lowest BCUT2D eigenvalue weighted by molar-refractivity contribution is 0.389. The van der Waals surface area contributed by atoms with E-state index in [1.165, 1.54) is 51.4 Å². The Morgan fingerprint density at radius 3 is 2.53 bits per heavy atom. The van der Waals surface area contributed by atoms with E-state index in [-0.39, 0.29) is 0 Å². The highest BCUT2D eigenvalue weighted by molar-refractivity contribution is 8.00. The first-order valence-electron chi connectivity index (χ1n) is 6.66. The Labute approximate surface area is 98.6 Å². The molecule has 0 aromatic carbocycles. The summed E-state index contributed by atoms with van der Waals surface area (Å²) in [7, 11) is 0. The van der Waals surface area contributed by atoms with Crippen LogP contribution in [0.25, 0.3) is 0 Å². The predicted molar refractivity (Wildman–Crippen MR) is 69.2 cm³/mol. The Morgan fingerprint density at radius 2 is 1.80 bits per heavy atom. The molecule has 2 heteroatoms. The molecule has 0 saturated heterocycles. The topological polar surface area (TPSA) is 26.0 Å². The van der Waals surface area contributed by atoms with Gasteiger partial charge in [0, 0.05) is 16.5 Å². The van der Waals surface area contributed by atoms with E-state index in [1.54, 1.807) is 0 Å². The second-order valence-corrected chi connectivity index (χ2v) is 7.06. The van der Waals surface area contributed by atoms with E-state index in [0.717, 1.165) is 16.4 Å². The van der Waals surface area contributed by atoms with Gasteiger partial charge >= 0.3 is 0 Å². The summed E-state index contributed by atoms with van der Waals surface area (Å²) in [6.07, 6.45) is 11.2. The van der Waals surface area contributed by atoms with Crippen LogP contribution in [-0.2, 0) is 0 Å². The number of nitrogens with two attached hydrogens (primary N) is 1. The molecule has 0 spiro atoms. The Hall–Kier alpha value is 0.310. The third-order valence-electron chi connectivity index (χ3n) is 4.01. The molecular weight excluding hydrogens is 202 g/mol. The molecule has 2 aliphatic carbocycles. The van der Waals surface area contributed by atoms with E-state index in [2.05, 4.69) is 18.7 Å². The summed E-state index contributed by atoms with van der Waals surface area (Å²) < 4.78 is 0. The van der Waals surface area contributed by atoms with Gasteiger partial charge in [-0.15, -0.1) is 0 Å². The van der Waals surface area contributed by atoms with E-state index < -0.39 is 0 Å². The van der Waals surface area contributed by atoms with Gasteiger partial charge in [0.15, 0.2) is 0 Å². The van der Waals surface area contributed by atoms with Crippen LogP contribution in [0.2, 0.25) is 0 Å². The van der Waals surface area contributed by atoms with Crippen LogP contribution in [0.3, 0.4) is 0 Å². The molecule has 0 bridgehead atoms. The molecular formula is C13H25NS. The van der Waals surface area contributed by atoms with Crippen molar-refractivity contribution in [2.24, 2.45) is 11.7 Å². The SMILES string of the molecule is CC1CCCC(SC2CCCCC2N)C1. The van der Waals surface area contributed by atoms with Gasteiger partial charge < -0.3 is 5.73 Å². The predicted octanol–water partition coefficient (Wildman–Crippen LogP) is 3.57. The molecule has 0 amide bonds. The third-order valence-corrected chi connectivity index (χ3v) is 5.76. The van der Waals surface area contributed by atoms with Crippen molar-refractivity contribution in [2.45, 2.75) is 74.8 Å². The molecule has 0 radical (unpaired) electrons. The smallest absolute Gasteiger partial charge is 0.0201 e. The fourth-order valence-corrected chi connectivity index (χ4v) is 4.92. The average Bonchev–Trinajstić information content (AvgIpc) is 2.22. The van der Waals surface area contributed by atoms with Crippen molar-refractivity contribution in [3.05, 3.63) is 0 Å². The van der Waals surface area contributed by atoms with E-state index in [1.807, 2.05) is 0 Å². The van der Waals surface area contributed by atoms with Gasteiger partial charge in [0.05, 0.1) is 0 Å². The van der Waals surface area contributed by atoms with Crippen molar-refractivity contribution in [3.63, 3.8) is 0 Å². The molecule has 15 heavy (non-hydrogen) atoms. The van der Waals surface area contributed by atoms with Crippen molar-refractivity contribution >= 4 is 11.8 Å². The van der Waals surface area contributed by atoms with Gasteiger partial charge in [-0.3, -0.25) is 0 Å². The van der Waals surface area contributed by atoms with Crippen molar-refractivity contribution in [2.75, 3.05) is 0 Å². The summed E-state index contributed by atoms with van der Waals surface area (Å²) >= 11 is 2.23. The maximum Gasteiger partial charge on any atom is 0.0201 e. The molecule has 2 saturated carbocycles. The van der Waals surface area contributed by atoms with Crippen molar-refractivity contribution in [1.82, 2.24) is 0 Å². The van der Waals surface area contributed by atoms with Crippen LogP contribution in [0.15, 0.2) is 0 Å². The molecule has 2 rings (SSSR count). The number of rotatable bonds is 2. The maximum atomic E-state index is 6.21. The summed E-state index contributed by atoms with van der Waals surface area (Å²) in [4.78, 5) is 0. The number of thioether (sulfide) groups is 1. The largest absolute Gasteiger partial charge is 0.327 e. The van der Waals surface area contributed by atoms with Gasteiger partial charge in [0.2, 0.25) is 0 Å². The first kappa shape index (κ1) is 11.8. The second-order valence-electron chi connectivity index (χ2n) is 5.52. The zero-order valence-electron chi connectivity index (χ0n) is 9.95. The fourth-order valence-electron chi connectivity index (χ4n) is 3.04. The summed E-state index contributed by atoms with van der Waals surface area (Å²) in [6.45, 7) is 2.41. The number of hydrogen-bond acceptors (Lipinski definition) is 2. The highest BCUT2D eigenvalue weighted by atomic mass is 32.2. The lowest BCUT2D eigenvalue weighted by Gasteiger charge is -2.34. The fraction of sp³-hybridized carbons (Fsp3) is 1.00. The molecule has 0 aromatic heterocycles. The van der Waals surface area contributed by atoms with E-state index in [9.17, 15) is 0 Å².